The Kier molecular flexibility index (Phi) is 8.84. The predicted molar refractivity (Wildman–Crippen MR) is 151 cm³/mol. The Balaban J connectivity index is 2.17. The Morgan fingerprint density at radius 2 is 1.85 bits per heavy atom. The second kappa shape index (κ2) is 11.0. The SMILES string of the molecule is C=CCOC(=O)[C@@H]1[C@H]2C(=O)N([C@@H](CO)CC(C)C)C(C(=O)N(CC=C)C(C)(C)CC(C)(C)C)C23CC[C@@]1(C)O3. The van der Waals surface area contributed by atoms with E-state index < -0.39 is 46.6 Å². The van der Waals surface area contributed by atoms with Crippen molar-refractivity contribution in [3.63, 3.8) is 0 Å². The molecule has 0 aromatic heterocycles. The summed E-state index contributed by atoms with van der Waals surface area (Å²) in [6.45, 7) is 24.0. The van der Waals surface area contributed by atoms with Crippen molar-refractivity contribution in [2.75, 3.05) is 19.8 Å². The zero-order valence-electron chi connectivity index (χ0n) is 25.3. The standard InChI is InChI=1S/C31H50N2O6/c1-11-15-32(29(8,9)19-28(5,6)7)26(36)24-31-14-13-30(10,39-31)23(27(37)38-16-12-2)22(31)25(35)33(24)21(18-34)17-20(3)4/h11-12,20-24,34H,1-2,13-19H2,3-10H3/t21-,22+,23+,24?,30-,31?/m1/s1. The summed E-state index contributed by atoms with van der Waals surface area (Å²) in [7, 11) is 0. The molecule has 0 saturated carbocycles. The summed E-state index contributed by atoms with van der Waals surface area (Å²) in [6, 6.07) is -1.55. The van der Waals surface area contributed by atoms with Gasteiger partial charge in [0.2, 0.25) is 11.8 Å². The van der Waals surface area contributed by atoms with Gasteiger partial charge in [-0.15, -0.1) is 6.58 Å². The second-order valence-electron chi connectivity index (χ2n) is 14.1. The molecule has 8 nitrogen and oxygen atoms in total. The largest absolute Gasteiger partial charge is 0.461 e. The summed E-state index contributed by atoms with van der Waals surface area (Å²) in [4.78, 5) is 45.9. The first-order chi connectivity index (χ1) is 18.0. The summed E-state index contributed by atoms with van der Waals surface area (Å²) in [6.07, 6.45) is 5.45. The first-order valence-corrected chi connectivity index (χ1v) is 14.3. The molecule has 3 saturated heterocycles. The lowest BCUT2D eigenvalue weighted by Crippen LogP contribution is -2.62. The van der Waals surface area contributed by atoms with Gasteiger partial charge in [-0.3, -0.25) is 14.4 Å². The highest BCUT2D eigenvalue weighted by molar-refractivity contribution is 5.99. The number of likely N-dealkylation sites (tertiary alicyclic amines) is 1. The van der Waals surface area contributed by atoms with Crippen LogP contribution in [-0.4, -0.2) is 81.3 Å². The van der Waals surface area contributed by atoms with Gasteiger partial charge in [-0.2, -0.15) is 0 Å². The number of rotatable bonds is 12. The number of fused-ring (bicyclic) bond motifs is 1. The van der Waals surface area contributed by atoms with Crippen molar-refractivity contribution in [3.05, 3.63) is 25.3 Å². The van der Waals surface area contributed by atoms with Crippen LogP contribution < -0.4 is 0 Å². The van der Waals surface area contributed by atoms with E-state index in [1.807, 2.05) is 34.6 Å². The van der Waals surface area contributed by atoms with Crippen molar-refractivity contribution in [1.82, 2.24) is 9.80 Å². The molecular formula is C31H50N2O6. The molecule has 3 aliphatic heterocycles. The first kappa shape index (κ1) is 31.3. The maximum absolute atomic E-state index is 14.8. The Morgan fingerprint density at radius 1 is 1.21 bits per heavy atom. The fourth-order valence-corrected chi connectivity index (χ4v) is 7.75. The van der Waals surface area contributed by atoms with Crippen LogP contribution in [0.4, 0.5) is 0 Å². The molecule has 3 fully saturated rings. The van der Waals surface area contributed by atoms with Crippen molar-refractivity contribution in [2.24, 2.45) is 23.2 Å². The Hall–Kier alpha value is -2.19. The average molecular weight is 547 g/mol. The molecule has 0 aromatic carbocycles. The van der Waals surface area contributed by atoms with Crippen molar-refractivity contribution >= 4 is 17.8 Å². The molecule has 3 aliphatic rings. The van der Waals surface area contributed by atoms with E-state index in [4.69, 9.17) is 9.47 Å². The van der Waals surface area contributed by atoms with E-state index in [0.717, 1.165) is 6.42 Å². The minimum absolute atomic E-state index is 0.0338. The zero-order chi connectivity index (χ0) is 29.6. The second-order valence-corrected chi connectivity index (χ2v) is 14.1. The lowest BCUT2D eigenvalue weighted by atomic mass is 9.66. The van der Waals surface area contributed by atoms with E-state index >= 15 is 0 Å². The minimum Gasteiger partial charge on any atom is -0.461 e. The number of aliphatic hydroxyl groups is 1. The van der Waals surface area contributed by atoms with Crippen molar-refractivity contribution in [2.45, 2.75) is 110 Å². The summed E-state index contributed by atoms with van der Waals surface area (Å²) in [5.74, 6) is -2.58. The van der Waals surface area contributed by atoms with Crippen LogP contribution in [0.2, 0.25) is 0 Å². The van der Waals surface area contributed by atoms with Gasteiger partial charge in [0.25, 0.3) is 0 Å². The van der Waals surface area contributed by atoms with Crippen LogP contribution >= 0.6 is 0 Å². The smallest absolute Gasteiger partial charge is 0.313 e. The molecule has 2 amide bonds. The van der Waals surface area contributed by atoms with Crippen molar-refractivity contribution < 1.29 is 29.0 Å². The van der Waals surface area contributed by atoms with Gasteiger partial charge in [-0.05, 0) is 57.8 Å². The molecule has 3 heterocycles. The zero-order valence-corrected chi connectivity index (χ0v) is 25.3. The van der Waals surface area contributed by atoms with Gasteiger partial charge in [-0.1, -0.05) is 53.3 Å². The number of hydrogen-bond donors (Lipinski definition) is 1. The number of amides is 2. The molecule has 2 bridgehead atoms. The fraction of sp³-hybridized carbons (Fsp3) is 0.774. The Bertz CT molecular complexity index is 984. The summed E-state index contributed by atoms with van der Waals surface area (Å²) < 4.78 is 12.2. The van der Waals surface area contributed by atoms with E-state index in [2.05, 4.69) is 33.9 Å². The maximum atomic E-state index is 14.8. The minimum atomic E-state index is -1.18. The molecule has 6 atom stereocenters. The number of aliphatic hydroxyl groups excluding tert-OH is 1. The van der Waals surface area contributed by atoms with E-state index in [9.17, 15) is 19.5 Å². The van der Waals surface area contributed by atoms with E-state index in [-0.39, 0.29) is 36.4 Å². The number of carbonyl (C=O) groups excluding carboxylic acids is 3. The normalized spacial score (nSPS) is 30.9. The number of carbonyl (C=O) groups is 3. The highest BCUT2D eigenvalue weighted by Crippen LogP contribution is 2.64. The lowest BCUT2D eigenvalue weighted by molar-refractivity contribution is -0.163. The first-order valence-electron chi connectivity index (χ1n) is 14.3. The van der Waals surface area contributed by atoms with Gasteiger partial charge in [0.15, 0.2) is 0 Å². The molecule has 0 radical (unpaired) electrons. The third-order valence-corrected chi connectivity index (χ3v) is 8.66. The van der Waals surface area contributed by atoms with Gasteiger partial charge in [-0.25, -0.2) is 0 Å². The molecule has 1 N–H and O–H groups in total. The van der Waals surface area contributed by atoms with Crippen molar-refractivity contribution in [3.8, 4) is 0 Å². The van der Waals surface area contributed by atoms with Crippen LogP contribution in [0.1, 0.15) is 81.1 Å². The number of ether oxygens (including phenoxy) is 2. The van der Waals surface area contributed by atoms with Crippen LogP contribution in [0.15, 0.2) is 25.3 Å². The lowest BCUT2D eigenvalue weighted by Gasteiger charge is -2.46. The summed E-state index contributed by atoms with van der Waals surface area (Å²) >= 11 is 0. The fourth-order valence-electron chi connectivity index (χ4n) is 7.75. The molecule has 2 unspecified atom stereocenters. The maximum Gasteiger partial charge on any atom is 0.313 e. The van der Waals surface area contributed by atoms with Crippen molar-refractivity contribution in [1.29, 1.82) is 0 Å². The number of hydrogen-bond acceptors (Lipinski definition) is 6. The van der Waals surface area contributed by atoms with E-state index in [0.29, 0.717) is 25.8 Å². The van der Waals surface area contributed by atoms with Crippen LogP contribution in [0.5, 0.6) is 0 Å². The summed E-state index contributed by atoms with van der Waals surface area (Å²) in [5, 5.41) is 10.5. The predicted octanol–water partition coefficient (Wildman–Crippen LogP) is 4.12. The topological polar surface area (TPSA) is 96.4 Å². The summed E-state index contributed by atoms with van der Waals surface area (Å²) in [5.41, 5.74) is -2.71. The number of esters is 1. The molecule has 220 valence electrons. The van der Waals surface area contributed by atoms with Gasteiger partial charge in [0.05, 0.1) is 24.2 Å². The highest BCUT2D eigenvalue weighted by Gasteiger charge is 2.79. The molecule has 0 aromatic rings. The van der Waals surface area contributed by atoms with E-state index in [1.165, 1.54) is 6.08 Å². The van der Waals surface area contributed by atoms with Gasteiger partial charge < -0.3 is 24.4 Å². The molecule has 39 heavy (non-hydrogen) atoms. The van der Waals surface area contributed by atoms with Crippen LogP contribution in [0, 0.1) is 23.2 Å². The quantitative estimate of drug-likeness (QED) is 0.292. The van der Waals surface area contributed by atoms with E-state index in [1.54, 1.807) is 15.9 Å². The van der Waals surface area contributed by atoms with Crippen LogP contribution in [-0.2, 0) is 23.9 Å². The van der Waals surface area contributed by atoms with Gasteiger partial charge in [0.1, 0.15) is 24.2 Å². The van der Waals surface area contributed by atoms with Gasteiger partial charge >= 0.3 is 5.97 Å². The monoisotopic (exact) mass is 546 g/mol. The molecule has 3 rings (SSSR count). The Labute approximate surface area is 234 Å². The average Bonchev–Trinajstić information content (AvgIpc) is 3.38. The number of nitrogens with zero attached hydrogens (tertiary/aromatic N) is 2. The molecule has 1 spiro atoms. The highest BCUT2D eigenvalue weighted by atomic mass is 16.6. The molecule has 0 aliphatic carbocycles. The third kappa shape index (κ3) is 5.56. The Morgan fingerprint density at radius 3 is 2.36 bits per heavy atom. The molecule has 8 heteroatoms. The van der Waals surface area contributed by atoms with Crippen LogP contribution in [0.3, 0.4) is 0 Å². The van der Waals surface area contributed by atoms with Gasteiger partial charge in [0, 0.05) is 12.1 Å². The van der Waals surface area contributed by atoms with Crippen LogP contribution in [0.25, 0.3) is 0 Å². The third-order valence-electron chi connectivity index (χ3n) is 8.66. The molecular weight excluding hydrogens is 496 g/mol.